The van der Waals surface area contributed by atoms with Gasteiger partial charge in [-0.25, -0.2) is 0 Å². The summed E-state index contributed by atoms with van der Waals surface area (Å²) in [7, 11) is 0. The number of fused-ring (bicyclic) bond motifs is 1. The quantitative estimate of drug-likeness (QED) is 0.797. The van der Waals surface area contributed by atoms with Crippen molar-refractivity contribution in [1.29, 1.82) is 0 Å². The average Bonchev–Trinajstić information content (AvgIpc) is 2.90. The predicted octanol–water partition coefficient (Wildman–Crippen LogP) is 2.65. The molecule has 1 amide bonds. The average molecular weight is 396 g/mol. The Balaban J connectivity index is 1.45. The highest BCUT2D eigenvalue weighted by molar-refractivity contribution is 5.78. The van der Waals surface area contributed by atoms with E-state index in [1.807, 2.05) is 23.1 Å². The van der Waals surface area contributed by atoms with Gasteiger partial charge in [0.05, 0.1) is 25.2 Å². The number of carbonyl (C=O) groups is 1. The van der Waals surface area contributed by atoms with E-state index in [0.717, 1.165) is 36.5 Å². The van der Waals surface area contributed by atoms with Crippen molar-refractivity contribution in [2.45, 2.75) is 45.6 Å². The second-order valence-corrected chi connectivity index (χ2v) is 8.10. The lowest BCUT2D eigenvalue weighted by atomic mass is 10.1. The Bertz CT molecular complexity index is 833. The van der Waals surface area contributed by atoms with Gasteiger partial charge >= 0.3 is 0 Å². The van der Waals surface area contributed by atoms with Crippen LogP contribution in [-0.2, 0) is 29.0 Å². The summed E-state index contributed by atoms with van der Waals surface area (Å²) in [6, 6.07) is 10.2. The zero-order valence-electron chi connectivity index (χ0n) is 17.2. The number of rotatable bonds is 4. The second kappa shape index (κ2) is 8.93. The fourth-order valence-electron chi connectivity index (χ4n) is 4.22. The van der Waals surface area contributed by atoms with Crippen LogP contribution in [0.4, 0.5) is 0 Å². The lowest BCUT2D eigenvalue weighted by molar-refractivity contribution is -0.131. The molecule has 0 spiro atoms. The summed E-state index contributed by atoms with van der Waals surface area (Å²) in [5.41, 5.74) is 3.26. The third-order valence-corrected chi connectivity index (χ3v) is 5.44. The molecule has 0 radical (unpaired) electrons. The number of amides is 1. The summed E-state index contributed by atoms with van der Waals surface area (Å²) in [4.78, 5) is 21.3. The number of aromatic nitrogens is 1. The van der Waals surface area contributed by atoms with Gasteiger partial charge in [-0.15, -0.1) is 0 Å². The molecule has 1 aromatic heterocycles. The normalized spacial score (nSPS) is 22.5. The smallest absolute Gasteiger partial charge is 0.227 e. The van der Waals surface area contributed by atoms with Gasteiger partial charge in [-0.05, 0) is 43.2 Å². The minimum absolute atomic E-state index is 0.107. The van der Waals surface area contributed by atoms with Gasteiger partial charge in [0.1, 0.15) is 12.4 Å². The molecular formula is C23H29N3O3. The van der Waals surface area contributed by atoms with E-state index < -0.39 is 0 Å². The molecule has 6 heteroatoms. The minimum atomic E-state index is 0.107. The van der Waals surface area contributed by atoms with Crippen LogP contribution in [-0.4, -0.2) is 59.1 Å². The molecular weight excluding hydrogens is 366 g/mol. The number of benzene rings is 1. The van der Waals surface area contributed by atoms with Gasteiger partial charge in [-0.1, -0.05) is 12.1 Å². The van der Waals surface area contributed by atoms with E-state index in [2.05, 4.69) is 35.9 Å². The van der Waals surface area contributed by atoms with E-state index >= 15 is 0 Å². The van der Waals surface area contributed by atoms with Crippen LogP contribution >= 0.6 is 0 Å². The van der Waals surface area contributed by atoms with Crippen LogP contribution in [0.5, 0.6) is 5.75 Å². The number of ether oxygens (including phenoxy) is 2. The Labute approximate surface area is 172 Å². The Hall–Kier alpha value is -2.44. The third kappa shape index (κ3) is 5.14. The predicted molar refractivity (Wildman–Crippen MR) is 111 cm³/mol. The molecule has 0 N–H and O–H groups in total. The lowest BCUT2D eigenvalue weighted by Gasteiger charge is -2.35. The van der Waals surface area contributed by atoms with Crippen molar-refractivity contribution in [3.8, 4) is 5.75 Å². The number of hydrogen-bond donors (Lipinski definition) is 0. The van der Waals surface area contributed by atoms with Crippen LogP contribution < -0.4 is 4.74 Å². The molecule has 3 heterocycles. The molecule has 6 nitrogen and oxygen atoms in total. The first-order valence-corrected chi connectivity index (χ1v) is 10.4. The Morgan fingerprint density at radius 2 is 2.00 bits per heavy atom. The van der Waals surface area contributed by atoms with Crippen molar-refractivity contribution >= 4 is 5.91 Å². The summed E-state index contributed by atoms with van der Waals surface area (Å²) >= 11 is 0. The standard InChI is InChI=1S/C23H29N3O3/c1-17-13-25(14-18(2)29-17)15-20-5-6-22-21(10-20)16-26(8-9-28-22)23(27)11-19-4-3-7-24-12-19/h3-7,10,12,17-18H,8-9,11,13-16H2,1-2H3/t17-,18+. The molecule has 1 aromatic carbocycles. The summed E-state index contributed by atoms with van der Waals surface area (Å²) < 4.78 is 11.8. The van der Waals surface area contributed by atoms with Crippen molar-refractivity contribution in [3.05, 3.63) is 59.4 Å². The van der Waals surface area contributed by atoms with Gasteiger partial charge in [-0.2, -0.15) is 0 Å². The molecule has 4 rings (SSSR count). The molecule has 2 aliphatic heterocycles. The van der Waals surface area contributed by atoms with Gasteiger partial charge in [0, 0.05) is 44.1 Å². The summed E-state index contributed by atoms with van der Waals surface area (Å²) in [6.07, 6.45) is 4.35. The SMILES string of the molecule is C[C@@H]1CN(Cc2ccc3c(c2)CN(C(=O)Cc2cccnc2)CCO3)C[C@H](C)O1. The van der Waals surface area contributed by atoms with E-state index in [1.54, 1.807) is 12.4 Å². The maximum absolute atomic E-state index is 12.8. The van der Waals surface area contributed by atoms with Crippen LogP contribution in [0.25, 0.3) is 0 Å². The topological polar surface area (TPSA) is 54.9 Å². The van der Waals surface area contributed by atoms with E-state index in [4.69, 9.17) is 9.47 Å². The van der Waals surface area contributed by atoms with Gasteiger partial charge in [0.25, 0.3) is 0 Å². The highest BCUT2D eigenvalue weighted by Crippen LogP contribution is 2.26. The fourth-order valence-corrected chi connectivity index (χ4v) is 4.22. The molecule has 29 heavy (non-hydrogen) atoms. The summed E-state index contributed by atoms with van der Waals surface area (Å²) in [5.74, 6) is 0.991. The van der Waals surface area contributed by atoms with Crippen molar-refractivity contribution < 1.29 is 14.3 Å². The Morgan fingerprint density at radius 3 is 2.76 bits per heavy atom. The first-order chi connectivity index (χ1) is 14.1. The monoisotopic (exact) mass is 395 g/mol. The van der Waals surface area contributed by atoms with E-state index in [1.165, 1.54) is 5.56 Å². The van der Waals surface area contributed by atoms with Crippen molar-refractivity contribution in [2.75, 3.05) is 26.2 Å². The van der Waals surface area contributed by atoms with Gasteiger partial charge in [0.15, 0.2) is 0 Å². The van der Waals surface area contributed by atoms with E-state index in [-0.39, 0.29) is 18.1 Å². The molecule has 0 unspecified atom stereocenters. The van der Waals surface area contributed by atoms with Crippen LogP contribution in [0, 0.1) is 0 Å². The molecule has 1 fully saturated rings. The maximum Gasteiger partial charge on any atom is 0.227 e. The van der Waals surface area contributed by atoms with Crippen LogP contribution in [0.3, 0.4) is 0 Å². The number of hydrogen-bond acceptors (Lipinski definition) is 5. The van der Waals surface area contributed by atoms with Crippen molar-refractivity contribution in [3.63, 3.8) is 0 Å². The second-order valence-electron chi connectivity index (χ2n) is 8.10. The zero-order chi connectivity index (χ0) is 20.2. The van der Waals surface area contributed by atoms with Crippen LogP contribution in [0.2, 0.25) is 0 Å². The summed E-state index contributed by atoms with van der Waals surface area (Å²) in [5, 5.41) is 0. The number of nitrogens with zero attached hydrogens (tertiary/aromatic N) is 3. The lowest BCUT2D eigenvalue weighted by Crippen LogP contribution is -2.44. The maximum atomic E-state index is 12.8. The molecule has 1 saturated heterocycles. The molecule has 154 valence electrons. The van der Waals surface area contributed by atoms with Crippen LogP contribution in [0.15, 0.2) is 42.7 Å². The Morgan fingerprint density at radius 1 is 1.17 bits per heavy atom. The van der Waals surface area contributed by atoms with E-state index in [0.29, 0.717) is 26.1 Å². The van der Waals surface area contributed by atoms with E-state index in [9.17, 15) is 4.79 Å². The first-order valence-electron chi connectivity index (χ1n) is 10.4. The van der Waals surface area contributed by atoms with Gasteiger partial charge < -0.3 is 14.4 Å². The zero-order valence-corrected chi connectivity index (χ0v) is 17.2. The molecule has 2 aliphatic rings. The first kappa shape index (κ1) is 19.9. The summed E-state index contributed by atoms with van der Waals surface area (Å²) in [6.45, 7) is 8.71. The van der Waals surface area contributed by atoms with Crippen molar-refractivity contribution in [1.82, 2.24) is 14.8 Å². The molecule has 2 atom stereocenters. The molecule has 2 aromatic rings. The van der Waals surface area contributed by atoms with Crippen molar-refractivity contribution in [2.24, 2.45) is 0 Å². The number of morpholine rings is 1. The highest BCUT2D eigenvalue weighted by Gasteiger charge is 2.24. The number of pyridine rings is 1. The molecule has 0 saturated carbocycles. The third-order valence-electron chi connectivity index (χ3n) is 5.44. The largest absolute Gasteiger partial charge is 0.491 e. The van der Waals surface area contributed by atoms with Gasteiger partial charge in [0.2, 0.25) is 5.91 Å². The molecule has 0 aliphatic carbocycles. The van der Waals surface area contributed by atoms with Gasteiger partial charge in [-0.3, -0.25) is 14.7 Å². The Kier molecular flexibility index (Phi) is 6.11. The fraction of sp³-hybridized carbons (Fsp3) is 0.478. The molecule has 0 bridgehead atoms. The highest BCUT2D eigenvalue weighted by atomic mass is 16.5. The van der Waals surface area contributed by atoms with Crippen LogP contribution in [0.1, 0.15) is 30.5 Å². The number of carbonyl (C=O) groups excluding carboxylic acids is 1. The minimum Gasteiger partial charge on any atom is -0.491 e.